The minimum absolute atomic E-state index is 0.0410. The van der Waals surface area contributed by atoms with Crippen molar-refractivity contribution in [3.8, 4) is 0 Å². The molecule has 1 amide bonds. The van der Waals surface area contributed by atoms with E-state index in [0.717, 1.165) is 30.8 Å². The molecule has 0 bridgehead atoms. The molecule has 0 spiro atoms. The van der Waals surface area contributed by atoms with Crippen molar-refractivity contribution < 1.29 is 9.53 Å². The lowest BCUT2D eigenvalue weighted by Gasteiger charge is -2.15. The number of methoxy groups -OCH3 is 1. The van der Waals surface area contributed by atoms with E-state index in [2.05, 4.69) is 10.2 Å². The first kappa shape index (κ1) is 16.6. The van der Waals surface area contributed by atoms with Crippen LogP contribution in [0.2, 0.25) is 0 Å². The van der Waals surface area contributed by atoms with Crippen molar-refractivity contribution in [2.24, 2.45) is 5.73 Å². The van der Waals surface area contributed by atoms with Gasteiger partial charge in [-0.05, 0) is 37.7 Å². The van der Waals surface area contributed by atoms with E-state index in [1.165, 1.54) is 0 Å². The minimum atomic E-state index is 0.0410. The summed E-state index contributed by atoms with van der Waals surface area (Å²) in [5, 5.41) is 2.90. The van der Waals surface area contributed by atoms with Crippen LogP contribution >= 0.6 is 0 Å². The zero-order chi connectivity index (χ0) is 14.8. The quantitative estimate of drug-likeness (QED) is 0.718. The zero-order valence-electron chi connectivity index (χ0n) is 12.4. The smallest absolute Gasteiger partial charge is 0.224 e. The lowest BCUT2D eigenvalue weighted by atomic mass is 10.2. The summed E-state index contributed by atoms with van der Waals surface area (Å²) in [6.45, 7) is 2.97. The first-order valence-corrected chi connectivity index (χ1v) is 6.92. The average molecular weight is 279 g/mol. The lowest BCUT2D eigenvalue weighted by Crippen LogP contribution is -2.25. The van der Waals surface area contributed by atoms with Crippen molar-refractivity contribution in [2.45, 2.75) is 19.4 Å². The predicted molar refractivity (Wildman–Crippen MR) is 81.6 cm³/mol. The topological polar surface area (TPSA) is 67.6 Å². The lowest BCUT2D eigenvalue weighted by molar-refractivity contribution is -0.116. The number of benzene rings is 1. The molecule has 0 fully saturated rings. The van der Waals surface area contributed by atoms with E-state index >= 15 is 0 Å². The van der Waals surface area contributed by atoms with Crippen LogP contribution < -0.4 is 11.1 Å². The molecule has 3 N–H and O–H groups in total. The standard InChI is InChI=1S/C15H25N3O2/c1-18(9-10-20-2)8-4-7-15(19)17-14-6-3-5-13(11-14)12-16/h3,5-6,11H,4,7-10,12,16H2,1-2H3,(H,17,19). The fourth-order valence-corrected chi connectivity index (χ4v) is 1.87. The second kappa shape index (κ2) is 9.47. The third-order valence-corrected chi connectivity index (χ3v) is 3.07. The summed E-state index contributed by atoms with van der Waals surface area (Å²) >= 11 is 0. The molecule has 20 heavy (non-hydrogen) atoms. The van der Waals surface area contributed by atoms with Gasteiger partial charge in [0.25, 0.3) is 0 Å². The first-order valence-electron chi connectivity index (χ1n) is 6.92. The summed E-state index contributed by atoms with van der Waals surface area (Å²) in [4.78, 5) is 14.0. The summed E-state index contributed by atoms with van der Waals surface area (Å²) < 4.78 is 5.01. The molecule has 0 saturated carbocycles. The maximum Gasteiger partial charge on any atom is 0.224 e. The molecule has 0 heterocycles. The van der Waals surface area contributed by atoms with Gasteiger partial charge >= 0.3 is 0 Å². The number of hydrogen-bond acceptors (Lipinski definition) is 4. The molecule has 112 valence electrons. The summed E-state index contributed by atoms with van der Waals surface area (Å²) in [5.74, 6) is 0.0410. The van der Waals surface area contributed by atoms with Gasteiger partial charge in [-0.3, -0.25) is 4.79 Å². The highest BCUT2D eigenvalue weighted by atomic mass is 16.5. The number of rotatable bonds is 9. The number of nitrogens with zero attached hydrogens (tertiary/aromatic N) is 1. The maximum atomic E-state index is 11.8. The summed E-state index contributed by atoms with van der Waals surface area (Å²) in [6, 6.07) is 7.63. The Morgan fingerprint density at radius 1 is 1.40 bits per heavy atom. The van der Waals surface area contributed by atoms with Gasteiger partial charge in [0.05, 0.1) is 6.61 Å². The Morgan fingerprint density at radius 3 is 2.90 bits per heavy atom. The highest BCUT2D eigenvalue weighted by Crippen LogP contribution is 2.10. The third kappa shape index (κ3) is 6.65. The summed E-state index contributed by atoms with van der Waals surface area (Å²) in [6.07, 6.45) is 1.35. The molecule has 0 radical (unpaired) electrons. The molecule has 0 unspecified atom stereocenters. The Balaban J connectivity index is 2.26. The van der Waals surface area contributed by atoms with Crippen molar-refractivity contribution in [3.63, 3.8) is 0 Å². The van der Waals surface area contributed by atoms with Crippen LogP contribution in [0.3, 0.4) is 0 Å². The van der Waals surface area contributed by atoms with Crippen molar-refractivity contribution in [3.05, 3.63) is 29.8 Å². The summed E-state index contributed by atoms with van der Waals surface area (Å²) in [7, 11) is 3.72. The highest BCUT2D eigenvalue weighted by molar-refractivity contribution is 5.90. The Hall–Kier alpha value is -1.43. The van der Waals surface area contributed by atoms with Gasteiger partial charge in [-0.25, -0.2) is 0 Å². The SMILES string of the molecule is COCCN(C)CCCC(=O)Nc1cccc(CN)c1. The predicted octanol–water partition coefficient (Wildman–Crippen LogP) is 1.44. The molecule has 0 aromatic heterocycles. The number of hydrogen-bond donors (Lipinski definition) is 2. The Morgan fingerprint density at radius 2 is 2.20 bits per heavy atom. The van der Waals surface area contributed by atoms with Gasteiger partial charge in [0.2, 0.25) is 5.91 Å². The number of anilines is 1. The second-order valence-electron chi connectivity index (χ2n) is 4.85. The van der Waals surface area contributed by atoms with Crippen molar-refractivity contribution in [1.82, 2.24) is 4.90 Å². The van der Waals surface area contributed by atoms with Crippen LogP contribution in [-0.4, -0.2) is 44.7 Å². The second-order valence-corrected chi connectivity index (χ2v) is 4.85. The van der Waals surface area contributed by atoms with E-state index < -0.39 is 0 Å². The molecule has 1 aromatic rings. The average Bonchev–Trinajstić information content (AvgIpc) is 2.45. The molecule has 0 aliphatic carbocycles. The third-order valence-electron chi connectivity index (χ3n) is 3.07. The van der Waals surface area contributed by atoms with Crippen LogP contribution in [0.1, 0.15) is 18.4 Å². The Bertz CT molecular complexity index is 410. The van der Waals surface area contributed by atoms with E-state index in [1.54, 1.807) is 7.11 Å². The van der Waals surface area contributed by atoms with E-state index in [-0.39, 0.29) is 5.91 Å². The van der Waals surface area contributed by atoms with Gasteiger partial charge < -0.3 is 20.7 Å². The first-order chi connectivity index (χ1) is 9.65. The molecule has 5 heteroatoms. The van der Waals surface area contributed by atoms with Crippen molar-refractivity contribution in [2.75, 3.05) is 39.2 Å². The molecule has 0 aliphatic heterocycles. The Labute approximate surface area is 121 Å². The number of ether oxygens (including phenoxy) is 1. The fourth-order valence-electron chi connectivity index (χ4n) is 1.87. The number of nitrogens with two attached hydrogens (primary N) is 1. The van der Waals surface area contributed by atoms with Crippen LogP contribution in [0.4, 0.5) is 5.69 Å². The number of carbonyl (C=O) groups is 1. The number of nitrogens with one attached hydrogen (secondary N) is 1. The van der Waals surface area contributed by atoms with Gasteiger partial charge in [0.15, 0.2) is 0 Å². The largest absolute Gasteiger partial charge is 0.383 e. The number of likely N-dealkylation sites (N-methyl/N-ethyl adjacent to an activating group) is 1. The Kier molecular flexibility index (Phi) is 7.87. The van der Waals surface area contributed by atoms with Gasteiger partial charge in [-0.1, -0.05) is 12.1 Å². The van der Waals surface area contributed by atoms with E-state index in [0.29, 0.717) is 19.6 Å². The van der Waals surface area contributed by atoms with E-state index in [1.807, 2.05) is 31.3 Å². The van der Waals surface area contributed by atoms with Crippen LogP contribution in [0.15, 0.2) is 24.3 Å². The molecule has 0 atom stereocenters. The van der Waals surface area contributed by atoms with Crippen LogP contribution in [0.25, 0.3) is 0 Å². The normalized spacial score (nSPS) is 10.8. The van der Waals surface area contributed by atoms with Crippen LogP contribution in [0.5, 0.6) is 0 Å². The van der Waals surface area contributed by atoms with Crippen molar-refractivity contribution in [1.29, 1.82) is 0 Å². The maximum absolute atomic E-state index is 11.8. The molecular formula is C15H25N3O2. The summed E-state index contributed by atoms with van der Waals surface area (Å²) in [5.41, 5.74) is 7.40. The molecule has 0 aliphatic rings. The van der Waals surface area contributed by atoms with Gasteiger partial charge in [-0.15, -0.1) is 0 Å². The fraction of sp³-hybridized carbons (Fsp3) is 0.533. The highest BCUT2D eigenvalue weighted by Gasteiger charge is 2.04. The molecule has 1 aromatic carbocycles. The van der Waals surface area contributed by atoms with Crippen LogP contribution in [-0.2, 0) is 16.1 Å². The molecule has 1 rings (SSSR count). The minimum Gasteiger partial charge on any atom is -0.383 e. The van der Waals surface area contributed by atoms with Crippen molar-refractivity contribution >= 4 is 11.6 Å². The number of carbonyl (C=O) groups excluding carboxylic acids is 1. The molecule has 5 nitrogen and oxygen atoms in total. The zero-order valence-corrected chi connectivity index (χ0v) is 12.4. The monoisotopic (exact) mass is 279 g/mol. The molecular weight excluding hydrogens is 254 g/mol. The molecule has 0 saturated heterocycles. The van der Waals surface area contributed by atoms with E-state index in [9.17, 15) is 4.79 Å². The number of amides is 1. The van der Waals surface area contributed by atoms with Gasteiger partial charge in [-0.2, -0.15) is 0 Å². The van der Waals surface area contributed by atoms with Crippen LogP contribution in [0, 0.1) is 0 Å². The van der Waals surface area contributed by atoms with Gasteiger partial charge in [0.1, 0.15) is 0 Å². The van der Waals surface area contributed by atoms with E-state index in [4.69, 9.17) is 10.5 Å². The van der Waals surface area contributed by atoms with Gasteiger partial charge in [0, 0.05) is 32.3 Å².